The highest BCUT2D eigenvalue weighted by molar-refractivity contribution is 9.09. The van der Waals surface area contributed by atoms with E-state index in [0.717, 1.165) is 29.8 Å². The van der Waals surface area contributed by atoms with Crippen molar-refractivity contribution in [3.05, 3.63) is 17.0 Å². The summed E-state index contributed by atoms with van der Waals surface area (Å²) in [6.07, 6.45) is 4.68. The molecule has 2 rings (SSSR count). The van der Waals surface area contributed by atoms with Crippen LogP contribution in [0, 0.1) is 13.8 Å². The van der Waals surface area contributed by atoms with E-state index >= 15 is 0 Å². The number of aromatic nitrogens is 2. The molecule has 106 valence electrons. The first-order valence-corrected chi connectivity index (χ1v) is 7.76. The van der Waals surface area contributed by atoms with Crippen LogP contribution in [0.5, 0.6) is 0 Å². The van der Waals surface area contributed by atoms with Crippen LogP contribution < -0.4 is 0 Å². The van der Waals surface area contributed by atoms with Crippen molar-refractivity contribution in [1.29, 1.82) is 0 Å². The number of hydrogen-bond acceptors (Lipinski definition) is 2. The molecule has 0 aromatic carbocycles. The number of alkyl halides is 1. The van der Waals surface area contributed by atoms with Gasteiger partial charge in [0.2, 0.25) is 0 Å². The third kappa shape index (κ3) is 2.71. The van der Waals surface area contributed by atoms with Crippen LogP contribution in [-0.4, -0.2) is 38.5 Å². The maximum atomic E-state index is 12.7. The second kappa shape index (κ2) is 5.65. The molecule has 2 atom stereocenters. The van der Waals surface area contributed by atoms with E-state index in [9.17, 15) is 4.79 Å². The topological polar surface area (TPSA) is 38.1 Å². The summed E-state index contributed by atoms with van der Waals surface area (Å²) in [5.41, 5.74) is 2.52. The molecule has 1 heterocycles. The summed E-state index contributed by atoms with van der Waals surface area (Å²) in [7, 11) is 3.80. The van der Waals surface area contributed by atoms with Crippen LogP contribution in [-0.2, 0) is 7.05 Å². The van der Waals surface area contributed by atoms with E-state index in [-0.39, 0.29) is 5.91 Å². The lowest BCUT2D eigenvalue weighted by atomic mass is 9.94. The summed E-state index contributed by atoms with van der Waals surface area (Å²) in [5, 5.41) is 4.34. The van der Waals surface area contributed by atoms with Crippen LogP contribution in [0.3, 0.4) is 0 Å². The van der Waals surface area contributed by atoms with Gasteiger partial charge in [0.25, 0.3) is 5.91 Å². The largest absolute Gasteiger partial charge is 0.337 e. The second-order valence-corrected chi connectivity index (χ2v) is 6.63. The van der Waals surface area contributed by atoms with Crippen LogP contribution in [0.25, 0.3) is 0 Å². The molecule has 2 unspecified atom stereocenters. The Hall–Kier alpha value is -0.840. The van der Waals surface area contributed by atoms with Crippen molar-refractivity contribution in [2.24, 2.45) is 7.05 Å². The Kier molecular flexibility index (Phi) is 4.33. The first-order valence-electron chi connectivity index (χ1n) is 6.85. The predicted molar refractivity (Wildman–Crippen MR) is 79.7 cm³/mol. The van der Waals surface area contributed by atoms with Crippen molar-refractivity contribution in [3.63, 3.8) is 0 Å². The fraction of sp³-hybridized carbons (Fsp3) is 0.714. The van der Waals surface area contributed by atoms with Gasteiger partial charge in [-0.05, 0) is 26.7 Å². The van der Waals surface area contributed by atoms with Crippen molar-refractivity contribution < 1.29 is 4.79 Å². The molecule has 5 heteroatoms. The van der Waals surface area contributed by atoms with Gasteiger partial charge in [-0.15, -0.1) is 0 Å². The number of rotatable bonds is 2. The SMILES string of the molecule is Cc1nn(C)c(C)c1C(=O)N(C)C1CCCCC1Br. The fourth-order valence-electron chi connectivity index (χ4n) is 2.91. The van der Waals surface area contributed by atoms with E-state index in [1.54, 1.807) is 4.68 Å². The second-order valence-electron chi connectivity index (χ2n) is 5.45. The minimum atomic E-state index is 0.0967. The molecule has 1 fully saturated rings. The summed E-state index contributed by atoms with van der Waals surface area (Å²) in [5.74, 6) is 0.0967. The van der Waals surface area contributed by atoms with Gasteiger partial charge in [0, 0.05) is 30.7 Å². The van der Waals surface area contributed by atoms with Crippen LogP contribution in [0.1, 0.15) is 47.4 Å². The third-order valence-electron chi connectivity index (χ3n) is 4.19. The number of carbonyl (C=O) groups excluding carboxylic acids is 1. The van der Waals surface area contributed by atoms with Gasteiger partial charge >= 0.3 is 0 Å². The zero-order valence-electron chi connectivity index (χ0n) is 12.1. The summed E-state index contributed by atoms with van der Waals surface area (Å²) in [6, 6.07) is 0.292. The van der Waals surface area contributed by atoms with Crippen LogP contribution in [0.2, 0.25) is 0 Å². The number of nitrogens with zero attached hydrogens (tertiary/aromatic N) is 3. The van der Waals surface area contributed by atoms with Gasteiger partial charge in [0.1, 0.15) is 0 Å². The number of carbonyl (C=O) groups is 1. The number of halogens is 1. The van der Waals surface area contributed by atoms with Crippen molar-refractivity contribution in [2.45, 2.75) is 50.4 Å². The Balaban J connectivity index is 2.23. The average molecular weight is 328 g/mol. The molecule has 0 saturated heterocycles. The fourth-order valence-corrected chi connectivity index (χ4v) is 3.86. The smallest absolute Gasteiger partial charge is 0.257 e. The first kappa shape index (κ1) is 14.6. The quantitative estimate of drug-likeness (QED) is 0.783. The molecule has 4 nitrogen and oxygen atoms in total. The summed E-state index contributed by atoms with van der Waals surface area (Å²) < 4.78 is 1.78. The van der Waals surface area contributed by atoms with E-state index in [1.165, 1.54) is 12.8 Å². The molecule has 1 aliphatic carbocycles. The number of hydrogen-bond donors (Lipinski definition) is 0. The minimum absolute atomic E-state index is 0.0967. The highest BCUT2D eigenvalue weighted by atomic mass is 79.9. The molecule has 1 saturated carbocycles. The van der Waals surface area contributed by atoms with Gasteiger partial charge in [0.15, 0.2) is 0 Å². The molecule has 0 spiro atoms. The molecule has 0 radical (unpaired) electrons. The zero-order valence-corrected chi connectivity index (χ0v) is 13.7. The molecular weight excluding hydrogens is 306 g/mol. The lowest BCUT2D eigenvalue weighted by Crippen LogP contribution is -2.44. The molecule has 19 heavy (non-hydrogen) atoms. The molecule has 1 amide bonds. The Labute approximate surface area is 123 Å². The molecule has 0 aliphatic heterocycles. The highest BCUT2D eigenvalue weighted by Gasteiger charge is 2.31. The van der Waals surface area contributed by atoms with Crippen molar-refractivity contribution in [1.82, 2.24) is 14.7 Å². The first-order chi connectivity index (χ1) is 8.93. The summed E-state index contributed by atoms with van der Waals surface area (Å²) >= 11 is 3.72. The molecule has 1 aromatic heterocycles. The van der Waals surface area contributed by atoms with E-state index in [4.69, 9.17) is 0 Å². The van der Waals surface area contributed by atoms with Crippen molar-refractivity contribution >= 4 is 21.8 Å². The van der Waals surface area contributed by atoms with Gasteiger partial charge in [-0.1, -0.05) is 28.8 Å². The lowest BCUT2D eigenvalue weighted by molar-refractivity contribution is 0.0703. The third-order valence-corrected chi connectivity index (χ3v) is 5.26. The Morgan fingerprint density at radius 2 is 2.00 bits per heavy atom. The lowest BCUT2D eigenvalue weighted by Gasteiger charge is -2.35. The van der Waals surface area contributed by atoms with Gasteiger partial charge in [-0.25, -0.2) is 0 Å². The normalized spacial score (nSPS) is 23.4. The predicted octanol–water partition coefficient (Wildman–Crippen LogP) is 2.82. The van der Waals surface area contributed by atoms with E-state index in [1.807, 2.05) is 32.8 Å². The van der Waals surface area contributed by atoms with Gasteiger partial charge in [0.05, 0.1) is 11.3 Å². The standard InChI is InChI=1S/C14H22BrN3O/c1-9-13(10(2)18(4)16-9)14(19)17(3)12-8-6-5-7-11(12)15/h11-12H,5-8H2,1-4H3. The number of amides is 1. The minimum Gasteiger partial charge on any atom is -0.337 e. The average Bonchev–Trinajstić information content (AvgIpc) is 2.62. The van der Waals surface area contributed by atoms with E-state index in [2.05, 4.69) is 21.0 Å². The Bertz CT molecular complexity index is 483. The van der Waals surface area contributed by atoms with E-state index < -0.39 is 0 Å². The van der Waals surface area contributed by atoms with Crippen LogP contribution >= 0.6 is 15.9 Å². The number of aryl methyl sites for hydroxylation is 2. The van der Waals surface area contributed by atoms with Crippen LogP contribution in [0.4, 0.5) is 0 Å². The molecule has 0 bridgehead atoms. The summed E-state index contributed by atoms with van der Waals surface area (Å²) in [4.78, 5) is 15.0. The maximum absolute atomic E-state index is 12.7. The van der Waals surface area contributed by atoms with Crippen molar-refractivity contribution in [3.8, 4) is 0 Å². The molecule has 1 aromatic rings. The van der Waals surface area contributed by atoms with Gasteiger partial charge in [-0.2, -0.15) is 5.10 Å². The Morgan fingerprint density at radius 1 is 1.37 bits per heavy atom. The van der Waals surface area contributed by atoms with E-state index in [0.29, 0.717) is 10.9 Å². The molecule has 1 aliphatic rings. The zero-order chi connectivity index (χ0) is 14.2. The van der Waals surface area contributed by atoms with Crippen molar-refractivity contribution in [2.75, 3.05) is 7.05 Å². The summed E-state index contributed by atoms with van der Waals surface area (Å²) in [6.45, 7) is 3.86. The maximum Gasteiger partial charge on any atom is 0.257 e. The molecular formula is C14H22BrN3O. The monoisotopic (exact) mass is 327 g/mol. The van der Waals surface area contributed by atoms with Crippen LogP contribution in [0.15, 0.2) is 0 Å². The highest BCUT2D eigenvalue weighted by Crippen LogP contribution is 2.29. The van der Waals surface area contributed by atoms with Gasteiger partial charge in [-0.3, -0.25) is 9.48 Å². The van der Waals surface area contributed by atoms with Gasteiger partial charge < -0.3 is 4.90 Å². The molecule has 0 N–H and O–H groups in total. The Morgan fingerprint density at radius 3 is 2.53 bits per heavy atom.